The van der Waals surface area contributed by atoms with E-state index in [1.54, 1.807) is 0 Å². The Hall–Kier alpha value is -1.06. The van der Waals surface area contributed by atoms with E-state index in [1.807, 2.05) is 0 Å². The number of allylic oxidation sites excluding steroid dienone is 4. The Morgan fingerprint density at radius 1 is 0.607 bits per heavy atom. The Labute approximate surface area is 345 Å². The Bertz CT molecular complexity index is 950. The normalized spacial score (nSPS) is 14.8. The summed E-state index contributed by atoms with van der Waals surface area (Å²) in [5, 5.41) is 24.2. The number of nitrogens with one attached hydrogen (secondary N) is 1. The van der Waals surface area contributed by atoms with Crippen molar-refractivity contribution in [1.29, 1.82) is 0 Å². The third kappa shape index (κ3) is 39.8. The molecule has 0 saturated heterocycles. The average Bonchev–Trinajstić information content (AvgIpc) is 3.17. The van der Waals surface area contributed by atoms with Gasteiger partial charge in [-0.1, -0.05) is 205 Å². The van der Waals surface area contributed by atoms with Gasteiger partial charge in [0.2, 0.25) is 5.91 Å². The number of aliphatic hydroxyl groups excluding tert-OH is 2. The smallest absolute Gasteiger partial charge is 0.393 e. The second-order valence-electron chi connectivity index (χ2n) is 16.2. The van der Waals surface area contributed by atoms with Crippen LogP contribution in [0.3, 0.4) is 0 Å². The molecule has 0 radical (unpaired) electrons. The van der Waals surface area contributed by atoms with Crippen LogP contribution >= 0.6 is 7.82 Å². The number of unbranched alkanes of at least 4 members (excludes halogenated alkanes) is 27. The molecule has 0 heterocycles. The number of nitrogens with two attached hydrogens (primary N) is 1. The number of phosphoric acid groups is 1. The van der Waals surface area contributed by atoms with Crippen LogP contribution in [0, 0.1) is 0 Å². The van der Waals surface area contributed by atoms with Crippen molar-refractivity contribution in [3.63, 3.8) is 0 Å². The largest absolute Gasteiger partial charge is 0.472 e. The lowest BCUT2D eigenvalue weighted by Crippen LogP contribution is -2.47. The zero-order chi connectivity index (χ0) is 41.2. The van der Waals surface area contributed by atoms with E-state index in [0.29, 0.717) is 12.8 Å². The van der Waals surface area contributed by atoms with Gasteiger partial charge in [0.25, 0.3) is 0 Å². The van der Waals surface area contributed by atoms with Crippen LogP contribution in [0.4, 0.5) is 0 Å². The van der Waals surface area contributed by atoms with E-state index in [4.69, 9.17) is 14.8 Å². The number of carbonyl (C=O) groups is 1. The predicted octanol–water partition coefficient (Wildman–Crippen LogP) is 12.3. The summed E-state index contributed by atoms with van der Waals surface area (Å²) in [5.74, 6) is -0.416. The standard InChI is InChI=1S/C46H91N2O7P/c1-3-5-7-9-11-13-15-17-19-21-23-25-27-29-31-33-35-37-43(49)41-46(51)48-44(42-55-56(52,53)54-40-39-47)45(50)38-36-34-32-30-28-26-24-22-20-18-16-14-12-10-8-6-4-2/h11,13,15,17,43-45,49-50H,3-10,12,14,16,18-42,47H2,1-2H3,(H,48,51)(H,52,53)/b13-11-,17-15-. The highest BCUT2D eigenvalue weighted by atomic mass is 31.2. The number of rotatable bonds is 44. The quantitative estimate of drug-likeness (QED) is 0.0232. The summed E-state index contributed by atoms with van der Waals surface area (Å²) in [7, 11) is -4.38. The predicted molar refractivity (Wildman–Crippen MR) is 237 cm³/mol. The van der Waals surface area contributed by atoms with Crippen molar-refractivity contribution in [2.24, 2.45) is 5.73 Å². The SMILES string of the molecule is CCCCC/C=C\C=C/CCCCCCCCCCC(O)CC(=O)NC(COP(=O)(O)OCCN)C(O)CCCCCCCCCCCCCCCCCCC. The maximum absolute atomic E-state index is 12.9. The van der Waals surface area contributed by atoms with Gasteiger partial charge in [-0.15, -0.1) is 0 Å². The fourth-order valence-electron chi connectivity index (χ4n) is 7.05. The summed E-state index contributed by atoms with van der Waals surface area (Å²) >= 11 is 0. The first-order valence-corrected chi connectivity index (χ1v) is 25.0. The maximum atomic E-state index is 12.9. The summed E-state index contributed by atoms with van der Waals surface area (Å²) in [5.41, 5.74) is 5.38. The zero-order valence-corrected chi connectivity index (χ0v) is 37.4. The first kappa shape index (κ1) is 54.9. The summed E-state index contributed by atoms with van der Waals surface area (Å²) < 4.78 is 22.2. The molecule has 56 heavy (non-hydrogen) atoms. The molecule has 332 valence electrons. The second kappa shape index (κ2) is 42.1. The molecule has 9 nitrogen and oxygen atoms in total. The average molecular weight is 815 g/mol. The van der Waals surface area contributed by atoms with Crippen molar-refractivity contribution >= 4 is 13.7 Å². The lowest BCUT2D eigenvalue weighted by Gasteiger charge is -2.25. The van der Waals surface area contributed by atoms with Gasteiger partial charge in [-0.05, 0) is 38.5 Å². The molecule has 0 aromatic heterocycles. The molecule has 1 amide bonds. The van der Waals surface area contributed by atoms with Crippen LogP contribution in [0.15, 0.2) is 24.3 Å². The fraction of sp³-hybridized carbons (Fsp3) is 0.891. The van der Waals surface area contributed by atoms with E-state index < -0.39 is 32.0 Å². The summed E-state index contributed by atoms with van der Waals surface area (Å²) in [6.45, 7) is 4.03. The zero-order valence-electron chi connectivity index (χ0n) is 36.5. The molecule has 0 rings (SSSR count). The molecule has 4 unspecified atom stereocenters. The van der Waals surface area contributed by atoms with Gasteiger partial charge < -0.3 is 26.2 Å². The number of hydrogen-bond donors (Lipinski definition) is 5. The topological polar surface area (TPSA) is 151 Å². The van der Waals surface area contributed by atoms with Crippen LogP contribution in [0.1, 0.15) is 226 Å². The molecular formula is C46H91N2O7P. The highest BCUT2D eigenvalue weighted by Gasteiger charge is 2.28. The second-order valence-corrected chi connectivity index (χ2v) is 17.6. The molecule has 0 fully saturated rings. The molecule has 0 aliphatic carbocycles. The molecule has 0 aromatic carbocycles. The van der Waals surface area contributed by atoms with Crippen molar-refractivity contribution in [3.05, 3.63) is 24.3 Å². The van der Waals surface area contributed by atoms with Crippen LogP contribution in [0.2, 0.25) is 0 Å². The molecule has 6 N–H and O–H groups in total. The van der Waals surface area contributed by atoms with Crippen molar-refractivity contribution in [2.75, 3.05) is 19.8 Å². The summed E-state index contributed by atoms with van der Waals surface area (Å²) in [6, 6.07) is -0.897. The first-order valence-electron chi connectivity index (χ1n) is 23.5. The molecular weight excluding hydrogens is 723 g/mol. The van der Waals surface area contributed by atoms with Crippen molar-refractivity contribution in [1.82, 2.24) is 5.32 Å². The van der Waals surface area contributed by atoms with E-state index in [1.165, 1.54) is 148 Å². The number of aliphatic hydroxyl groups is 2. The molecule has 0 bridgehead atoms. The third-order valence-electron chi connectivity index (χ3n) is 10.6. The van der Waals surface area contributed by atoms with Crippen molar-refractivity contribution < 1.29 is 33.5 Å². The molecule has 0 aliphatic heterocycles. The lowest BCUT2D eigenvalue weighted by molar-refractivity contribution is -0.125. The van der Waals surface area contributed by atoms with E-state index in [-0.39, 0.29) is 26.2 Å². The van der Waals surface area contributed by atoms with Gasteiger partial charge >= 0.3 is 7.82 Å². The molecule has 0 saturated carbocycles. The van der Waals surface area contributed by atoms with Crippen molar-refractivity contribution in [2.45, 2.75) is 244 Å². The van der Waals surface area contributed by atoms with Gasteiger partial charge in [-0.2, -0.15) is 0 Å². The van der Waals surface area contributed by atoms with E-state index in [0.717, 1.165) is 44.9 Å². The lowest BCUT2D eigenvalue weighted by atomic mass is 10.0. The number of amides is 1. The van der Waals surface area contributed by atoms with Gasteiger partial charge in [-0.3, -0.25) is 13.8 Å². The Kier molecular flexibility index (Phi) is 41.3. The van der Waals surface area contributed by atoms with Crippen LogP contribution in [-0.2, 0) is 18.4 Å². The molecule has 4 atom stereocenters. The van der Waals surface area contributed by atoms with E-state index in [9.17, 15) is 24.5 Å². The number of carbonyl (C=O) groups excluding carboxylic acids is 1. The fourth-order valence-corrected chi connectivity index (χ4v) is 7.81. The minimum atomic E-state index is -4.38. The minimum Gasteiger partial charge on any atom is -0.393 e. The minimum absolute atomic E-state index is 0.0592. The van der Waals surface area contributed by atoms with Gasteiger partial charge in [-0.25, -0.2) is 4.57 Å². The Morgan fingerprint density at radius 2 is 1.00 bits per heavy atom. The Morgan fingerprint density at radius 3 is 1.46 bits per heavy atom. The first-order chi connectivity index (χ1) is 27.3. The van der Waals surface area contributed by atoms with Crippen LogP contribution in [0.5, 0.6) is 0 Å². The van der Waals surface area contributed by atoms with Gasteiger partial charge in [0.15, 0.2) is 0 Å². The van der Waals surface area contributed by atoms with Crippen LogP contribution in [-0.4, -0.2) is 59.0 Å². The third-order valence-corrected chi connectivity index (χ3v) is 11.6. The summed E-state index contributed by atoms with van der Waals surface area (Å²) in [6.07, 6.45) is 45.0. The van der Waals surface area contributed by atoms with Gasteiger partial charge in [0, 0.05) is 6.54 Å². The monoisotopic (exact) mass is 815 g/mol. The van der Waals surface area contributed by atoms with E-state index in [2.05, 4.69) is 43.5 Å². The molecule has 10 heteroatoms. The highest BCUT2D eigenvalue weighted by molar-refractivity contribution is 7.47. The van der Waals surface area contributed by atoms with E-state index >= 15 is 0 Å². The molecule has 0 aliphatic rings. The van der Waals surface area contributed by atoms with Gasteiger partial charge in [0.1, 0.15) is 0 Å². The maximum Gasteiger partial charge on any atom is 0.472 e. The molecule has 0 aromatic rings. The number of phosphoric ester groups is 1. The van der Waals surface area contributed by atoms with Crippen LogP contribution in [0.25, 0.3) is 0 Å². The summed E-state index contributed by atoms with van der Waals surface area (Å²) in [4.78, 5) is 22.8. The number of hydrogen-bond acceptors (Lipinski definition) is 7. The van der Waals surface area contributed by atoms with Crippen LogP contribution < -0.4 is 11.1 Å². The van der Waals surface area contributed by atoms with Gasteiger partial charge in [0.05, 0.1) is 37.9 Å². The highest BCUT2D eigenvalue weighted by Crippen LogP contribution is 2.43. The molecule has 0 spiro atoms. The Balaban J connectivity index is 4.22. The van der Waals surface area contributed by atoms with Crippen molar-refractivity contribution in [3.8, 4) is 0 Å².